The Morgan fingerprint density at radius 3 is 2.75 bits per heavy atom. The fourth-order valence-corrected chi connectivity index (χ4v) is 3.30. The number of hydrogen-bond donors (Lipinski definition) is 1. The van der Waals surface area contributed by atoms with Crippen molar-refractivity contribution >= 4 is 52.0 Å². The smallest absolute Gasteiger partial charge is 0.262 e. The second kappa shape index (κ2) is 9.34. The average molecular weight is 415 g/mol. The Balaban J connectivity index is 1.62. The summed E-state index contributed by atoms with van der Waals surface area (Å²) in [5.41, 5.74) is 1.40. The predicted octanol–water partition coefficient (Wildman–Crippen LogP) is 2.91. The standard InChI is InChI=1S/C19H17N3O4S2/c1-25-16-9-13(10-20-22-18(24)12-28-19(22)27)7-8-15(16)26-11-17(23)21-14-5-3-2-4-6-14/h2-10H,11-12H2,1H3,(H,21,23). The fraction of sp³-hybridized carbons (Fsp3) is 0.158. The topological polar surface area (TPSA) is 80.2 Å². The third-order valence-electron chi connectivity index (χ3n) is 3.65. The molecule has 0 bridgehead atoms. The van der Waals surface area contributed by atoms with Crippen LogP contribution in [0.5, 0.6) is 11.5 Å². The molecule has 1 fully saturated rings. The first kappa shape index (κ1) is 19.8. The molecule has 0 aromatic heterocycles. The van der Waals surface area contributed by atoms with Crippen molar-refractivity contribution in [1.82, 2.24) is 5.01 Å². The number of nitrogens with one attached hydrogen (secondary N) is 1. The molecule has 1 aliphatic heterocycles. The van der Waals surface area contributed by atoms with Crippen LogP contribution in [0.1, 0.15) is 5.56 Å². The molecule has 2 aromatic carbocycles. The van der Waals surface area contributed by atoms with E-state index in [1.807, 2.05) is 18.2 Å². The molecular formula is C19H17N3O4S2. The van der Waals surface area contributed by atoms with E-state index in [0.29, 0.717) is 32.8 Å². The first-order chi connectivity index (χ1) is 13.6. The van der Waals surface area contributed by atoms with Crippen LogP contribution in [0.3, 0.4) is 0 Å². The van der Waals surface area contributed by atoms with Crippen LogP contribution in [-0.4, -0.2) is 46.8 Å². The zero-order valence-electron chi connectivity index (χ0n) is 15.0. The van der Waals surface area contributed by atoms with Crippen LogP contribution in [0, 0.1) is 0 Å². The fourth-order valence-electron chi connectivity index (χ4n) is 2.33. The van der Waals surface area contributed by atoms with Gasteiger partial charge in [-0.15, -0.1) is 0 Å². The van der Waals surface area contributed by atoms with Crippen LogP contribution in [-0.2, 0) is 9.59 Å². The Hall–Kier alpha value is -2.91. The molecule has 0 spiro atoms. The maximum Gasteiger partial charge on any atom is 0.262 e. The number of ether oxygens (including phenoxy) is 2. The summed E-state index contributed by atoms with van der Waals surface area (Å²) in [4.78, 5) is 23.7. The summed E-state index contributed by atoms with van der Waals surface area (Å²) in [6.45, 7) is -0.160. The Bertz CT molecular complexity index is 903. The van der Waals surface area contributed by atoms with E-state index in [4.69, 9.17) is 21.7 Å². The average Bonchev–Trinajstić information content (AvgIpc) is 3.03. The molecule has 0 saturated carbocycles. The summed E-state index contributed by atoms with van der Waals surface area (Å²) in [5, 5.41) is 8.06. The van der Waals surface area contributed by atoms with Crippen molar-refractivity contribution in [3.63, 3.8) is 0 Å². The van der Waals surface area contributed by atoms with E-state index in [0.717, 1.165) is 0 Å². The number of thiocarbonyl (C=S) groups is 1. The molecule has 0 unspecified atom stereocenters. The number of amides is 2. The van der Waals surface area contributed by atoms with Gasteiger partial charge in [-0.1, -0.05) is 42.2 Å². The maximum absolute atomic E-state index is 12.0. The number of carbonyl (C=O) groups excluding carboxylic acids is 2. The van der Waals surface area contributed by atoms with Gasteiger partial charge in [0.25, 0.3) is 11.8 Å². The summed E-state index contributed by atoms with van der Waals surface area (Å²) in [6.07, 6.45) is 1.52. The second-order valence-corrected chi connectivity index (χ2v) is 7.23. The monoisotopic (exact) mass is 415 g/mol. The van der Waals surface area contributed by atoms with Gasteiger partial charge in [0.1, 0.15) is 0 Å². The van der Waals surface area contributed by atoms with Crippen LogP contribution in [0.2, 0.25) is 0 Å². The number of benzene rings is 2. The molecule has 0 radical (unpaired) electrons. The molecule has 3 rings (SSSR count). The summed E-state index contributed by atoms with van der Waals surface area (Å²) in [7, 11) is 1.50. The van der Waals surface area contributed by atoms with Crippen molar-refractivity contribution in [3.8, 4) is 11.5 Å². The van der Waals surface area contributed by atoms with Gasteiger partial charge >= 0.3 is 0 Å². The van der Waals surface area contributed by atoms with Crippen molar-refractivity contribution in [3.05, 3.63) is 54.1 Å². The van der Waals surface area contributed by atoms with E-state index in [-0.39, 0.29) is 18.4 Å². The number of hydrazone groups is 1. The molecule has 1 N–H and O–H groups in total. The van der Waals surface area contributed by atoms with Gasteiger partial charge < -0.3 is 14.8 Å². The van der Waals surface area contributed by atoms with E-state index in [2.05, 4.69) is 10.4 Å². The van der Waals surface area contributed by atoms with E-state index in [1.54, 1.807) is 30.3 Å². The number of hydrogen-bond acceptors (Lipinski definition) is 7. The molecule has 0 aliphatic carbocycles. The third-order valence-corrected chi connectivity index (χ3v) is 4.99. The zero-order valence-corrected chi connectivity index (χ0v) is 16.6. The lowest BCUT2D eigenvalue weighted by molar-refractivity contribution is -0.124. The minimum atomic E-state index is -0.280. The molecule has 2 aromatic rings. The highest BCUT2D eigenvalue weighted by Gasteiger charge is 2.25. The number of thioether (sulfide) groups is 1. The Kier molecular flexibility index (Phi) is 6.62. The minimum Gasteiger partial charge on any atom is -0.493 e. The van der Waals surface area contributed by atoms with E-state index >= 15 is 0 Å². The van der Waals surface area contributed by atoms with Gasteiger partial charge in [0, 0.05) is 5.69 Å². The van der Waals surface area contributed by atoms with Crippen molar-refractivity contribution in [2.75, 3.05) is 24.8 Å². The highest BCUT2D eigenvalue weighted by Crippen LogP contribution is 2.28. The SMILES string of the molecule is COc1cc(C=NN2C(=O)CSC2=S)ccc1OCC(=O)Nc1ccccc1. The van der Waals surface area contributed by atoms with Crippen molar-refractivity contribution < 1.29 is 19.1 Å². The molecule has 1 saturated heterocycles. The Labute approximate surface area is 171 Å². The minimum absolute atomic E-state index is 0.150. The molecular weight excluding hydrogens is 398 g/mol. The van der Waals surface area contributed by atoms with E-state index in [1.165, 1.54) is 30.1 Å². The van der Waals surface area contributed by atoms with E-state index < -0.39 is 0 Å². The van der Waals surface area contributed by atoms with Crippen molar-refractivity contribution in [2.45, 2.75) is 0 Å². The lowest BCUT2D eigenvalue weighted by atomic mass is 10.2. The maximum atomic E-state index is 12.0. The van der Waals surface area contributed by atoms with Crippen molar-refractivity contribution in [2.24, 2.45) is 5.10 Å². The normalized spacial score (nSPS) is 13.8. The highest BCUT2D eigenvalue weighted by atomic mass is 32.2. The Morgan fingerprint density at radius 2 is 2.07 bits per heavy atom. The first-order valence-corrected chi connectivity index (χ1v) is 9.65. The quantitative estimate of drug-likeness (QED) is 0.553. The van der Waals surface area contributed by atoms with Gasteiger partial charge in [0.2, 0.25) is 0 Å². The van der Waals surface area contributed by atoms with Crippen LogP contribution >= 0.6 is 24.0 Å². The lowest BCUT2D eigenvalue weighted by Crippen LogP contribution is -2.22. The molecule has 2 amide bonds. The van der Waals surface area contributed by atoms with Gasteiger partial charge in [-0.25, -0.2) is 0 Å². The second-order valence-electron chi connectivity index (χ2n) is 5.62. The molecule has 7 nitrogen and oxygen atoms in total. The zero-order chi connectivity index (χ0) is 19.9. The number of carbonyl (C=O) groups is 2. The van der Waals surface area contributed by atoms with Crippen LogP contribution < -0.4 is 14.8 Å². The summed E-state index contributed by atoms with van der Waals surface area (Å²) < 4.78 is 11.3. The van der Waals surface area contributed by atoms with Gasteiger partial charge in [-0.3, -0.25) is 9.59 Å². The number of para-hydroxylation sites is 1. The molecule has 28 heavy (non-hydrogen) atoms. The number of rotatable bonds is 7. The number of nitrogens with zero attached hydrogens (tertiary/aromatic N) is 2. The molecule has 0 atom stereocenters. The van der Waals surface area contributed by atoms with Crippen molar-refractivity contribution in [1.29, 1.82) is 0 Å². The Morgan fingerprint density at radius 1 is 1.29 bits per heavy atom. The van der Waals surface area contributed by atoms with Gasteiger partial charge in [0.05, 0.1) is 19.1 Å². The third kappa shape index (κ3) is 5.08. The molecule has 1 heterocycles. The first-order valence-electron chi connectivity index (χ1n) is 8.26. The summed E-state index contributed by atoms with van der Waals surface area (Å²) in [6, 6.07) is 14.2. The van der Waals surface area contributed by atoms with Crippen LogP contribution in [0.15, 0.2) is 53.6 Å². The lowest BCUT2D eigenvalue weighted by Gasteiger charge is -2.12. The highest BCUT2D eigenvalue weighted by molar-refractivity contribution is 8.23. The van der Waals surface area contributed by atoms with E-state index in [9.17, 15) is 9.59 Å². The van der Waals surface area contributed by atoms with Gasteiger partial charge in [0.15, 0.2) is 22.4 Å². The summed E-state index contributed by atoms with van der Waals surface area (Å²) in [5.74, 6) is 0.740. The largest absolute Gasteiger partial charge is 0.493 e. The molecule has 144 valence electrons. The summed E-state index contributed by atoms with van der Waals surface area (Å²) >= 11 is 6.36. The number of methoxy groups -OCH3 is 1. The van der Waals surface area contributed by atoms with Crippen LogP contribution in [0.25, 0.3) is 0 Å². The van der Waals surface area contributed by atoms with Crippen LogP contribution in [0.4, 0.5) is 5.69 Å². The molecule has 1 aliphatic rings. The molecule has 9 heteroatoms. The van der Waals surface area contributed by atoms with Gasteiger partial charge in [-0.05, 0) is 35.9 Å². The van der Waals surface area contributed by atoms with Gasteiger partial charge in [-0.2, -0.15) is 10.1 Å². The predicted molar refractivity (Wildman–Crippen MR) is 113 cm³/mol. The number of anilines is 1.